The van der Waals surface area contributed by atoms with Crippen molar-refractivity contribution in [2.75, 3.05) is 14.2 Å². The molecule has 4 nitrogen and oxygen atoms in total. The average molecular weight is 298 g/mol. The topological polar surface area (TPSA) is 44.2 Å². The minimum Gasteiger partial charge on any atom is -0.493 e. The zero-order valence-electron chi connectivity index (χ0n) is 11.7. The van der Waals surface area contributed by atoms with E-state index in [0.29, 0.717) is 11.5 Å². The van der Waals surface area contributed by atoms with Crippen LogP contribution in [-0.2, 0) is 0 Å². The van der Waals surface area contributed by atoms with Crippen LogP contribution in [0.4, 0.5) is 0 Å². The van der Waals surface area contributed by atoms with E-state index in [1.165, 1.54) is 0 Å². The summed E-state index contributed by atoms with van der Waals surface area (Å²) in [4.78, 5) is 8.96. The molecule has 0 saturated heterocycles. The zero-order chi connectivity index (χ0) is 14.7. The Labute approximate surface area is 127 Å². The molecule has 0 amide bonds. The van der Waals surface area contributed by atoms with Crippen molar-refractivity contribution in [2.45, 2.75) is 0 Å². The molecule has 1 aromatic carbocycles. The van der Waals surface area contributed by atoms with Crippen molar-refractivity contribution in [3.05, 3.63) is 48.0 Å². The Kier molecular flexibility index (Phi) is 3.83. The molecule has 2 heterocycles. The fourth-order valence-corrected chi connectivity index (χ4v) is 2.82. The van der Waals surface area contributed by atoms with E-state index in [1.807, 2.05) is 41.8 Å². The standard InChI is InChI=1S/C16H14N2O2S/c1-19-14-7-6-11(9-15(14)20-2)16-18-13(10-21-16)12-5-3-4-8-17-12/h3-10H,1-2H3. The van der Waals surface area contributed by atoms with Crippen LogP contribution in [0, 0.1) is 0 Å². The third-order valence-electron chi connectivity index (χ3n) is 3.06. The van der Waals surface area contributed by atoms with Crippen LogP contribution in [0.5, 0.6) is 11.5 Å². The maximum atomic E-state index is 5.33. The molecule has 5 heteroatoms. The van der Waals surface area contributed by atoms with Crippen LogP contribution >= 0.6 is 11.3 Å². The van der Waals surface area contributed by atoms with E-state index in [2.05, 4.69) is 9.97 Å². The second-order valence-electron chi connectivity index (χ2n) is 4.32. The number of rotatable bonds is 4. The fraction of sp³-hybridized carbons (Fsp3) is 0.125. The zero-order valence-corrected chi connectivity index (χ0v) is 12.6. The molecule has 0 aliphatic carbocycles. The van der Waals surface area contributed by atoms with Gasteiger partial charge in [-0.2, -0.15) is 0 Å². The van der Waals surface area contributed by atoms with E-state index >= 15 is 0 Å². The van der Waals surface area contributed by atoms with Crippen LogP contribution in [0.3, 0.4) is 0 Å². The molecular formula is C16H14N2O2S. The molecule has 0 radical (unpaired) electrons. The van der Waals surface area contributed by atoms with Crippen LogP contribution in [0.1, 0.15) is 0 Å². The van der Waals surface area contributed by atoms with Crippen molar-refractivity contribution in [2.24, 2.45) is 0 Å². The lowest BCUT2D eigenvalue weighted by molar-refractivity contribution is 0.355. The van der Waals surface area contributed by atoms with E-state index in [-0.39, 0.29) is 0 Å². The van der Waals surface area contributed by atoms with Crippen molar-refractivity contribution >= 4 is 11.3 Å². The highest BCUT2D eigenvalue weighted by Crippen LogP contribution is 2.34. The molecule has 3 aromatic rings. The lowest BCUT2D eigenvalue weighted by atomic mass is 10.2. The largest absolute Gasteiger partial charge is 0.493 e. The summed E-state index contributed by atoms with van der Waals surface area (Å²) in [6.45, 7) is 0. The number of aromatic nitrogens is 2. The maximum Gasteiger partial charge on any atom is 0.161 e. The van der Waals surface area contributed by atoms with Crippen molar-refractivity contribution in [3.8, 4) is 33.5 Å². The molecule has 0 fully saturated rings. The summed E-state index contributed by atoms with van der Waals surface area (Å²) in [6, 6.07) is 11.6. The van der Waals surface area contributed by atoms with Gasteiger partial charge in [0.1, 0.15) is 10.7 Å². The summed E-state index contributed by atoms with van der Waals surface area (Å²) in [5.41, 5.74) is 2.76. The molecule has 106 valence electrons. The van der Waals surface area contributed by atoms with E-state index in [4.69, 9.17) is 9.47 Å². The minimum atomic E-state index is 0.699. The van der Waals surface area contributed by atoms with Gasteiger partial charge in [0.25, 0.3) is 0 Å². The van der Waals surface area contributed by atoms with Crippen LogP contribution in [0.15, 0.2) is 48.0 Å². The lowest BCUT2D eigenvalue weighted by Crippen LogP contribution is -1.90. The second-order valence-corrected chi connectivity index (χ2v) is 5.18. The lowest BCUT2D eigenvalue weighted by Gasteiger charge is -2.08. The number of hydrogen-bond acceptors (Lipinski definition) is 5. The van der Waals surface area contributed by atoms with Gasteiger partial charge in [0.2, 0.25) is 0 Å². The molecule has 0 saturated carbocycles. The monoisotopic (exact) mass is 298 g/mol. The third-order valence-corrected chi connectivity index (χ3v) is 3.95. The van der Waals surface area contributed by atoms with Crippen molar-refractivity contribution < 1.29 is 9.47 Å². The van der Waals surface area contributed by atoms with Crippen molar-refractivity contribution in [1.82, 2.24) is 9.97 Å². The Morgan fingerprint density at radius 2 is 1.81 bits per heavy atom. The maximum absolute atomic E-state index is 5.33. The molecule has 0 unspecified atom stereocenters. The van der Waals surface area contributed by atoms with Gasteiger partial charge in [-0.05, 0) is 30.3 Å². The molecule has 0 aliphatic heterocycles. The smallest absolute Gasteiger partial charge is 0.161 e. The summed E-state index contributed by atoms with van der Waals surface area (Å²) in [6.07, 6.45) is 1.77. The normalized spacial score (nSPS) is 10.4. The minimum absolute atomic E-state index is 0.699. The van der Waals surface area contributed by atoms with Gasteiger partial charge in [-0.1, -0.05) is 6.07 Å². The van der Waals surface area contributed by atoms with Gasteiger partial charge in [-0.25, -0.2) is 4.98 Å². The Morgan fingerprint density at radius 3 is 2.52 bits per heavy atom. The molecular weight excluding hydrogens is 284 g/mol. The first-order chi connectivity index (χ1) is 10.3. The van der Waals surface area contributed by atoms with Gasteiger partial charge in [0, 0.05) is 17.1 Å². The van der Waals surface area contributed by atoms with Crippen LogP contribution in [0.25, 0.3) is 22.0 Å². The van der Waals surface area contributed by atoms with Gasteiger partial charge >= 0.3 is 0 Å². The summed E-state index contributed by atoms with van der Waals surface area (Å²) < 4.78 is 10.6. The molecule has 0 atom stereocenters. The summed E-state index contributed by atoms with van der Waals surface area (Å²) in [7, 11) is 3.25. The number of benzene rings is 1. The van der Waals surface area contributed by atoms with Gasteiger partial charge in [-0.3, -0.25) is 4.98 Å². The highest BCUT2D eigenvalue weighted by Gasteiger charge is 2.10. The van der Waals surface area contributed by atoms with Gasteiger partial charge < -0.3 is 9.47 Å². The number of pyridine rings is 1. The van der Waals surface area contributed by atoms with Crippen molar-refractivity contribution in [1.29, 1.82) is 0 Å². The first-order valence-electron chi connectivity index (χ1n) is 6.41. The number of hydrogen-bond donors (Lipinski definition) is 0. The summed E-state index contributed by atoms with van der Waals surface area (Å²) in [5.74, 6) is 1.41. The van der Waals surface area contributed by atoms with E-state index < -0.39 is 0 Å². The molecule has 0 aliphatic rings. The molecule has 0 spiro atoms. The Balaban J connectivity index is 1.97. The van der Waals surface area contributed by atoms with E-state index in [0.717, 1.165) is 22.0 Å². The molecule has 0 N–H and O–H groups in total. The SMILES string of the molecule is COc1ccc(-c2nc(-c3ccccn3)cs2)cc1OC. The third kappa shape index (κ3) is 2.73. The number of nitrogens with zero attached hydrogens (tertiary/aromatic N) is 2. The highest BCUT2D eigenvalue weighted by molar-refractivity contribution is 7.13. The van der Waals surface area contributed by atoms with E-state index in [1.54, 1.807) is 31.8 Å². The fourth-order valence-electron chi connectivity index (χ4n) is 2.01. The molecule has 3 rings (SSSR count). The van der Waals surface area contributed by atoms with Crippen LogP contribution in [-0.4, -0.2) is 24.2 Å². The Hall–Kier alpha value is -2.40. The highest BCUT2D eigenvalue weighted by atomic mass is 32.1. The quantitative estimate of drug-likeness (QED) is 0.733. The van der Waals surface area contributed by atoms with Crippen LogP contribution < -0.4 is 9.47 Å². The summed E-state index contributed by atoms with van der Waals surface area (Å²) >= 11 is 1.58. The van der Waals surface area contributed by atoms with Crippen molar-refractivity contribution in [3.63, 3.8) is 0 Å². The predicted molar refractivity (Wildman–Crippen MR) is 83.9 cm³/mol. The first kappa shape index (κ1) is 13.6. The number of methoxy groups -OCH3 is 2. The molecule has 2 aromatic heterocycles. The van der Waals surface area contributed by atoms with Gasteiger partial charge in [-0.15, -0.1) is 11.3 Å². The second kappa shape index (κ2) is 5.93. The Bertz CT molecular complexity index is 741. The molecule has 0 bridgehead atoms. The predicted octanol–water partition coefficient (Wildman–Crippen LogP) is 3.89. The number of thiazole rings is 1. The van der Waals surface area contributed by atoms with E-state index in [9.17, 15) is 0 Å². The van der Waals surface area contributed by atoms with Crippen LogP contribution in [0.2, 0.25) is 0 Å². The van der Waals surface area contributed by atoms with Gasteiger partial charge in [0.15, 0.2) is 11.5 Å². The Morgan fingerprint density at radius 1 is 0.952 bits per heavy atom. The molecule has 21 heavy (non-hydrogen) atoms. The number of ether oxygens (including phenoxy) is 2. The first-order valence-corrected chi connectivity index (χ1v) is 7.29. The summed E-state index contributed by atoms with van der Waals surface area (Å²) in [5, 5.41) is 2.94. The van der Waals surface area contributed by atoms with Gasteiger partial charge in [0.05, 0.1) is 19.9 Å². The average Bonchev–Trinajstić information content (AvgIpc) is 3.05.